The number of aryl methyl sites for hydroxylation is 1. The summed E-state index contributed by atoms with van der Waals surface area (Å²) in [6, 6.07) is 4.57. The van der Waals surface area contributed by atoms with Crippen LogP contribution in [0.5, 0.6) is 0 Å². The van der Waals surface area contributed by atoms with Crippen LogP contribution in [0.4, 0.5) is 0 Å². The van der Waals surface area contributed by atoms with Crippen LogP contribution in [0.1, 0.15) is 22.3 Å². The highest BCUT2D eigenvalue weighted by Crippen LogP contribution is 2.25. The Bertz CT molecular complexity index is 546. The van der Waals surface area contributed by atoms with Crippen LogP contribution in [0.15, 0.2) is 22.7 Å². The van der Waals surface area contributed by atoms with Crippen molar-refractivity contribution in [3.63, 3.8) is 0 Å². The first-order chi connectivity index (χ1) is 9.43. The SMILES string of the molecule is COC1CC(C(=O)O)N(C(=O)c2cc(Br)ccc2C)C1. The first kappa shape index (κ1) is 15.0. The summed E-state index contributed by atoms with van der Waals surface area (Å²) >= 11 is 3.33. The number of halogens is 1. The number of likely N-dealkylation sites (tertiary alicyclic amines) is 1. The number of ether oxygens (including phenoxy) is 1. The summed E-state index contributed by atoms with van der Waals surface area (Å²) in [7, 11) is 1.53. The van der Waals surface area contributed by atoms with Crippen molar-refractivity contribution >= 4 is 27.8 Å². The van der Waals surface area contributed by atoms with E-state index in [4.69, 9.17) is 4.74 Å². The van der Waals surface area contributed by atoms with Crippen molar-refractivity contribution < 1.29 is 19.4 Å². The summed E-state index contributed by atoms with van der Waals surface area (Å²) in [6.07, 6.45) is 0.0949. The maximum absolute atomic E-state index is 12.6. The molecule has 1 aromatic rings. The molecule has 6 heteroatoms. The maximum atomic E-state index is 12.6. The molecule has 1 aliphatic rings. The number of rotatable bonds is 3. The van der Waals surface area contributed by atoms with Crippen molar-refractivity contribution in [1.82, 2.24) is 4.90 Å². The molecule has 0 aromatic heterocycles. The fourth-order valence-electron chi connectivity index (χ4n) is 2.41. The van der Waals surface area contributed by atoms with E-state index in [1.807, 2.05) is 19.1 Å². The third kappa shape index (κ3) is 2.86. The molecule has 20 heavy (non-hydrogen) atoms. The van der Waals surface area contributed by atoms with Crippen LogP contribution >= 0.6 is 15.9 Å². The van der Waals surface area contributed by atoms with Gasteiger partial charge in [0.15, 0.2) is 0 Å². The van der Waals surface area contributed by atoms with Crippen LogP contribution in [0.3, 0.4) is 0 Å². The molecule has 1 saturated heterocycles. The summed E-state index contributed by atoms with van der Waals surface area (Å²) in [5.74, 6) is -1.26. The zero-order chi connectivity index (χ0) is 14.9. The number of hydrogen-bond donors (Lipinski definition) is 1. The number of amides is 1. The Morgan fingerprint density at radius 3 is 2.75 bits per heavy atom. The van der Waals surface area contributed by atoms with Crippen LogP contribution in [-0.4, -0.2) is 47.7 Å². The van der Waals surface area contributed by atoms with E-state index in [1.54, 1.807) is 6.07 Å². The third-order valence-corrected chi connectivity index (χ3v) is 4.07. The lowest BCUT2D eigenvalue weighted by molar-refractivity contribution is -0.141. The van der Waals surface area contributed by atoms with Gasteiger partial charge in [-0.25, -0.2) is 4.79 Å². The van der Waals surface area contributed by atoms with E-state index in [2.05, 4.69) is 15.9 Å². The molecule has 2 rings (SSSR count). The summed E-state index contributed by atoms with van der Waals surface area (Å²) < 4.78 is 5.99. The van der Waals surface area contributed by atoms with E-state index in [0.29, 0.717) is 18.5 Å². The number of benzene rings is 1. The molecule has 5 nitrogen and oxygen atoms in total. The largest absolute Gasteiger partial charge is 0.480 e. The van der Waals surface area contributed by atoms with Gasteiger partial charge in [-0.2, -0.15) is 0 Å². The molecule has 0 aliphatic carbocycles. The average molecular weight is 342 g/mol. The molecule has 1 fully saturated rings. The van der Waals surface area contributed by atoms with E-state index in [0.717, 1.165) is 10.0 Å². The van der Waals surface area contributed by atoms with Gasteiger partial charge in [-0.1, -0.05) is 22.0 Å². The third-order valence-electron chi connectivity index (χ3n) is 3.57. The minimum absolute atomic E-state index is 0.229. The number of carbonyl (C=O) groups is 2. The fourth-order valence-corrected chi connectivity index (χ4v) is 2.77. The number of carbonyl (C=O) groups excluding carboxylic acids is 1. The second-order valence-electron chi connectivity index (χ2n) is 4.86. The lowest BCUT2D eigenvalue weighted by Gasteiger charge is -2.22. The van der Waals surface area contributed by atoms with Gasteiger partial charge in [0.05, 0.1) is 6.10 Å². The lowest BCUT2D eigenvalue weighted by Crippen LogP contribution is -2.40. The molecule has 0 radical (unpaired) electrons. The molecular weight excluding hydrogens is 326 g/mol. The molecule has 1 aromatic carbocycles. The van der Waals surface area contributed by atoms with Gasteiger partial charge in [0.25, 0.3) is 5.91 Å². The van der Waals surface area contributed by atoms with Crippen molar-refractivity contribution in [3.8, 4) is 0 Å². The van der Waals surface area contributed by atoms with Gasteiger partial charge in [0.1, 0.15) is 6.04 Å². The molecule has 0 spiro atoms. The molecule has 1 N–H and O–H groups in total. The Kier molecular flexibility index (Phi) is 4.45. The summed E-state index contributed by atoms with van der Waals surface area (Å²) in [6.45, 7) is 2.14. The van der Waals surface area contributed by atoms with Crippen molar-refractivity contribution in [2.75, 3.05) is 13.7 Å². The predicted octanol–water partition coefficient (Wildman–Crippen LogP) is 2.07. The molecule has 1 heterocycles. The zero-order valence-corrected chi connectivity index (χ0v) is 12.9. The van der Waals surface area contributed by atoms with Crippen LogP contribution in [0.2, 0.25) is 0 Å². The predicted molar refractivity (Wildman–Crippen MR) is 76.8 cm³/mol. The second-order valence-corrected chi connectivity index (χ2v) is 5.78. The van der Waals surface area contributed by atoms with E-state index >= 15 is 0 Å². The zero-order valence-electron chi connectivity index (χ0n) is 11.3. The summed E-state index contributed by atoms with van der Waals surface area (Å²) in [4.78, 5) is 25.3. The first-order valence-electron chi connectivity index (χ1n) is 6.26. The summed E-state index contributed by atoms with van der Waals surface area (Å²) in [5, 5.41) is 9.26. The molecule has 0 bridgehead atoms. The number of carboxylic acids is 1. The Hall–Kier alpha value is -1.40. The molecule has 1 amide bonds. The Morgan fingerprint density at radius 2 is 2.15 bits per heavy atom. The Labute approximate surface area is 125 Å². The number of nitrogens with zero attached hydrogens (tertiary/aromatic N) is 1. The van der Waals surface area contributed by atoms with Crippen LogP contribution in [0, 0.1) is 6.92 Å². The molecule has 108 valence electrons. The van der Waals surface area contributed by atoms with Crippen LogP contribution in [-0.2, 0) is 9.53 Å². The second kappa shape index (κ2) is 5.93. The topological polar surface area (TPSA) is 66.8 Å². The van der Waals surface area contributed by atoms with Crippen LogP contribution < -0.4 is 0 Å². The van der Waals surface area contributed by atoms with Gasteiger partial charge in [0.2, 0.25) is 0 Å². The minimum atomic E-state index is -0.995. The monoisotopic (exact) mass is 341 g/mol. The van der Waals surface area contributed by atoms with Gasteiger partial charge in [-0.15, -0.1) is 0 Å². The quantitative estimate of drug-likeness (QED) is 0.913. The first-order valence-corrected chi connectivity index (χ1v) is 7.06. The van der Waals surface area contributed by atoms with E-state index in [9.17, 15) is 14.7 Å². The van der Waals surface area contributed by atoms with Gasteiger partial charge in [0, 0.05) is 30.1 Å². The highest BCUT2D eigenvalue weighted by atomic mass is 79.9. The average Bonchev–Trinajstić information content (AvgIpc) is 2.85. The van der Waals surface area contributed by atoms with Crippen molar-refractivity contribution in [3.05, 3.63) is 33.8 Å². The minimum Gasteiger partial charge on any atom is -0.480 e. The van der Waals surface area contributed by atoms with Gasteiger partial charge < -0.3 is 14.7 Å². The number of hydrogen-bond acceptors (Lipinski definition) is 3. The van der Waals surface area contributed by atoms with Crippen molar-refractivity contribution in [2.45, 2.75) is 25.5 Å². The molecule has 0 saturated carbocycles. The Balaban J connectivity index is 2.31. The number of methoxy groups -OCH3 is 1. The van der Waals surface area contributed by atoms with E-state index < -0.39 is 12.0 Å². The Morgan fingerprint density at radius 1 is 1.45 bits per heavy atom. The number of carboxylic acid groups (broad SMARTS) is 1. The lowest BCUT2D eigenvalue weighted by atomic mass is 10.1. The molecular formula is C14H16BrNO4. The van der Waals surface area contributed by atoms with E-state index in [1.165, 1.54) is 12.0 Å². The standard InChI is InChI=1S/C14H16BrNO4/c1-8-3-4-9(15)5-11(8)13(17)16-7-10(20-2)6-12(16)14(18)19/h3-5,10,12H,6-7H2,1-2H3,(H,18,19). The van der Waals surface area contributed by atoms with E-state index in [-0.39, 0.29) is 12.0 Å². The highest BCUT2D eigenvalue weighted by molar-refractivity contribution is 9.10. The molecule has 1 aliphatic heterocycles. The smallest absolute Gasteiger partial charge is 0.326 e. The summed E-state index contributed by atoms with van der Waals surface area (Å²) in [5.41, 5.74) is 1.34. The number of aliphatic carboxylic acids is 1. The van der Waals surface area contributed by atoms with Crippen molar-refractivity contribution in [1.29, 1.82) is 0 Å². The van der Waals surface area contributed by atoms with Gasteiger partial charge in [-0.05, 0) is 24.6 Å². The van der Waals surface area contributed by atoms with Gasteiger partial charge in [-0.3, -0.25) is 4.79 Å². The fraction of sp³-hybridized carbons (Fsp3) is 0.429. The van der Waals surface area contributed by atoms with Crippen molar-refractivity contribution in [2.24, 2.45) is 0 Å². The molecule has 2 unspecified atom stereocenters. The normalized spacial score (nSPS) is 22.1. The van der Waals surface area contributed by atoms with Gasteiger partial charge >= 0.3 is 5.97 Å². The highest BCUT2D eigenvalue weighted by Gasteiger charge is 2.40. The van der Waals surface area contributed by atoms with Crippen LogP contribution in [0.25, 0.3) is 0 Å². The molecule has 2 atom stereocenters. The maximum Gasteiger partial charge on any atom is 0.326 e.